The summed E-state index contributed by atoms with van der Waals surface area (Å²) in [6, 6.07) is 6.06. The molecule has 3 aromatic rings. The minimum absolute atomic E-state index is 0.384. The molecule has 180 valence electrons. The Hall–Kier alpha value is -3.17. The van der Waals surface area contributed by atoms with E-state index in [4.69, 9.17) is 19.6 Å². The van der Waals surface area contributed by atoms with Gasteiger partial charge in [0.1, 0.15) is 11.6 Å². The molecule has 2 fully saturated rings. The molecule has 5 rings (SSSR count). The van der Waals surface area contributed by atoms with Gasteiger partial charge in [0.05, 0.1) is 42.9 Å². The summed E-state index contributed by atoms with van der Waals surface area (Å²) in [6.07, 6.45) is 7.25. The molecule has 9 nitrogen and oxygen atoms in total. The zero-order chi connectivity index (χ0) is 23.7. The lowest BCUT2D eigenvalue weighted by Gasteiger charge is -2.38. The second-order valence-corrected chi connectivity index (χ2v) is 9.05. The highest BCUT2D eigenvalue weighted by Gasteiger charge is 2.30. The minimum atomic E-state index is -1.13. The van der Waals surface area contributed by atoms with Crippen molar-refractivity contribution in [3.63, 3.8) is 0 Å². The van der Waals surface area contributed by atoms with Gasteiger partial charge < -0.3 is 14.6 Å². The number of rotatable bonds is 5. The maximum atomic E-state index is 11.1. The predicted octanol–water partition coefficient (Wildman–Crippen LogP) is 4.16. The largest absolute Gasteiger partial charge is 0.495 e. The van der Waals surface area contributed by atoms with Crippen LogP contribution in [0.15, 0.2) is 30.6 Å². The van der Waals surface area contributed by atoms with Gasteiger partial charge in [0, 0.05) is 43.0 Å². The molecular formula is C25H31N5O4. The van der Waals surface area contributed by atoms with Gasteiger partial charge in [-0.15, -0.1) is 0 Å². The Kier molecular flexibility index (Phi) is 6.38. The van der Waals surface area contributed by atoms with Crippen LogP contribution in [0, 0.1) is 6.92 Å². The molecule has 0 unspecified atom stereocenters. The highest BCUT2D eigenvalue weighted by atomic mass is 16.5. The van der Waals surface area contributed by atoms with E-state index in [1.165, 1.54) is 20.0 Å². The first-order chi connectivity index (χ1) is 16.5. The third-order valence-electron chi connectivity index (χ3n) is 7.11. The van der Waals surface area contributed by atoms with Crippen LogP contribution in [0.5, 0.6) is 5.75 Å². The van der Waals surface area contributed by atoms with Gasteiger partial charge in [0.15, 0.2) is 0 Å². The number of aryl methyl sites for hydroxylation is 1. The highest BCUT2D eigenvalue weighted by Crippen LogP contribution is 2.39. The second-order valence-electron chi connectivity index (χ2n) is 9.05. The molecule has 0 spiro atoms. The van der Waals surface area contributed by atoms with Gasteiger partial charge in [0.25, 0.3) is 0 Å². The Bertz CT molecular complexity index is 1180. The fraction of sp³-hybridized carbons (Fsp3) is 0.480. The van der Waals surface area contributed by atoms with E-state index in [2.05, 4.69) is 19.6 Å². The van der Waals surface area contributed by atoms with E-state index in [0.29, 0.717) is 23.4 Å². The number of amides is 1. The lowest BCUT2D eigenvalue weighted by molar-refractivity contribution is 0.00710. The number of fused-ring (bicyclic) bond motifs is 1. The average Bonchev–Trinajstić information content (AvgIpc) is 3.26. The third-order valence-corrected chi connectivity index (χ3v) is 7.11. The number of ether oxygens (including phenoxy) is 2. The number of anilines is 1. The molecule has 1 aromatic carbocycles. The van der Waals surface area contributed by atoms with Crippen LogP contribution in [-0.4, -0.2) is 69.9 Å². The first-order valence-corrected chi connectivity index (χ1v) is 11.9. The topological polar surface area (TPSA) is 101 Å². The molecule has 1 aliphatic heterocycles. The summed E-state index contributed by atoms with van der Waals surface area (Å²) in [6.45, 7) is 5.74. The molecule has 0 bridgehead atoms. The van der Waals surface area contributed by atoms with Gasteiger partial charge in [0.2, 0.25) is 0 Å². The van der Waals surface area contributed by atoms with Crippen molar-refractivity contribution in [2.75, 3.05) is 38.7 Å². The Morgan fingerprint density at radius 1 is 1.21 bits per heavy atom. The van der Waals surface area contributed by atoms with E-state index in [1.54, 1.807) is 6.07 Å². The van der Waals surface area contributed by atoms with Crippen LogP contribution >= 0.6 is 0 Å². The van der Waals surface area contributed by atoms with Crippen molar-refractivity contribution < 1.29 is 19.4 Å². The fourth-order valence-electron chi connectivity index (χ4n) is 5.41. The molecule has 0 atom stereocenters. The Morgan fingerprint density at radius 3 is 2.68 bits per heavy atom. The number of aromatic nitrogens is 3. The average molecular weight is 466 g/mol. The lowest BCUT2D eigenvalue weighted by atomic mass is 9.84. The standard InChI is InChI=1S/C25H31N5O4/c1-16-23-22(18-5-8-20(27-25(31)32)21(15-18)33-2)28-24(30(23)10-9-26-16)17-3-6-19(7-4-17)29-11-13-34-14-12-29/h5,8-10,15,17,19,27H,3-4,6-7,11-14H2,1-2H3,(H,31,32)/t17-,19+. The zero-order valence-electron chi connectivity index (χ0n) is 19.7. The number of methoxy groups -OCH3 is 1. The fourth-order valence-corrected chi connectivity index (χ4v) is 5.41. The molecule has 1 saturated carbocycles. The lowest BCUT2D eigenvalue weighted by Crippen LogP contribution is -2.44. The number of benzene rings is 1. The van der Waals surface area contributed by atoms with Gasteiger partial charge in [-0.25, -0.2) is 9.78 Å². The van der Waals surface area contributed by atoms with Gasteiger partial charge >= 0.3 is 6.09 Å². The molecular weight excluding hydrogens is 434 g/mol. The zero-order valence-corrected chi connectivity index (χ0v) is 19.7. The smallest absolute Gasteiger partial charge is 0.409 e. The molecule has 9 heteroatoms. The number of carbonyl (C=O) groups is 1. The van der Waals surface area contributed by atoms with Crippen molar-refractivity contribution in [1.82, 2.24) is 19.3 Å². The van der Waals surface area contributed by atoms with E-state index >= 15 is 0 Å². The van der Waals surface area contributed by atoms with Crippen molar-refractivity contribution in [1.29, 1.82) is 0 Å². The molecule has 0 radical (unpaired) electrons. The number of carboxylic acid groups (broad SMARTS) is 1. The van der Waals surface area contributed by atoms with Crippen LogP contribution < -0.4 is 10.1 Å². The Balaban J connectivity index is 1.47. The Labute approximate surface area is 198 Å². The van der Waals surface area contributed by atoms with E-state index < -0.39 is 6.09 Å². The molecule has 1 amide bonds. The highest BCUT2D eigenvalue weighted by molar-refractivity contribution is 5.88. The third kappa shape index (κ3) is 4.33. The molecule has 34 heavy (non-hydrogen) atoms. The van der Waals surface area contributed by atoms with Crippen LogP contribution in [0.3, 0.4) is 0 Å². The van der Waals surface area contributed by atoms with E-state index in [-0.39, 0.29) is 0 Å². The van der Waals surface area contributed by atoms with Crippen molar-refractivity contribution in [3.05, 3.63) is 42.1 Å². The van der Waals surface area contributed by atoms with Gasteiger partial charge in [-0.3, -0.25) is 19.6 Å². The number of hydrogen-bond acceptors (Lipinski definition) is 6. The number of nitrogens with one attached hydrogen (secondary N) is 1. The SMILES string of the molecule is COc1cc(-c2nc([C@H]3CC[C@@H](N4CCOCC4)CC3)n3ccnc(C)c23)ccc1NC(=O)O. The van der Waals surface area contributed by atoms with Crippen molar-refractivity contribution in [2.45, 2.75) is 44.6 Å². The maximum Gasteiger partial charge on any atom is 0.409 e. The summed E-state index contributed by atoms with van der Waals surface area (Å²) in [5.41, 5.74) is 4.00. The summed E-state index contributed by atoms with van der Waals surface area (Å²) < 4.78 is 13.2. The quantitative estimate of drug-likeness (QED) is 0.583. The van der Waals surface area contributed by atoms with Gasteiger partial charge in [-0.2, -0.15) is 0 Å². The van der Waals surface area contributed by atoms with Crippen LogP contribution in [0.1, 0.15) is 43.1 Å². The monoisotopic (exact) mass is 465 g/mol. The van der Waals surface area contributed by atoms with Crippen LogP contribution in [0.2, 0.25) is 0 Å². The molecule has 2 N–H and O–H groups in total. The van der Waals surface area contributed by atoms with E-state index in [9.17, 15) is 4.79 Å². The van der Waals surface area contributed by atoms with Crippen LogP contribution in [0.4, 0.5) is 10.5 Å². The number of nitrogens with zero attached hydrogens (tertiary/aromatic N) is 4. The molecule has 2 aliphatic rings. The minimum Gasteiger partial charge on any atom is -0.495 e. The predicted molar refractivity (Wildman–Crippen MR) is 129 cm³/mol. The molecule has 3 heterocycles. The first kappa shape index (κ1) is 22.6. The van der Waals surface area contributed by atoms with E-state index in [0.717, 1.165) is 67.4 Å². The summed E-state index contributed by atoms with van der Waals surface area (Å²) in [7, 11) is 1.53. The maximum absolute atomic E-state index is 11.1. The van der Waals surface area contributed by atoms with Gasteiger partial charge in [-0.1, -0.05) is 6.07 Å². The second kappa shape index (κ2) is 9.60. The normalized spacial score (nSPS) is 21.5. The number of morpholine rings is 1. The summed E-state index contributed by atoms with van der Waals surface area (Å²) in [5.74, 6) is 1.91. The number of hydrogen-bond donors (Lipinski definition) is 2. The van der Waals surface area contributed by atoms with Crippen molar-refractivity contribution >= 4 is 17.3 Å². The first-order valence-electron chi connectivity index (χ1n) is 11.9. The van der Waals surface area contributed by atoms with Gasteiger partial charge in [-0.05, 0) is 44.7 Å². The summed E-state index contributed by atoms with van der Waals surface area (Å²) in [4.78, 5) is 23.4. The summed E-state index contributed by atoms with van der Waals surface area (Å²) >= 11 is 0. The van der Waals surface area contributed by atoms with Crippen LogP contribution in [-0.2, 0) is 4.74 Å². The van der Waals surface area contributed by atoms with Crippen molar-refractivity contribution in [3.8, 4) is 17.0 Å². The summed E-state index contributed by atoms with van der Waals surface area (Å²) in [5, 5.41) is 11.5. The molecule has 1 aliphatic carbocycles. The van der Waals surface area contributed by atoms with Crippen LogP contribution in [0.25, 0.3) is 16.8 Å². The molecule has 1 saturated heterocycles. The molecule has 2 aromatic heterocycles. The van der Waals surface area contributed by atoms with E-state index in [1.807, 2.05) is 31.5 Å². The van der Waals surface area contributed by atoms with Crippen molar-refractivity contribution in [2.24, 2.45) is 0 Å². The Morgan fingerprint density at radius 2 is 1.97 bits per heavy atom. The number of imidazole rings is 1.